The molecule has 78 valence electrons. The molecule has 0 fully saturated rings. The number of rotatable bonds is 2. The van der Waals surface area contributed by atoms with Crippen LogP contribution in [0.25, 0.3) is 0 Å². The van der Waals surface area contributed by atoms with Crippen LogP contribution in [-0.4, -0.2) is 26.8 Å². The maximum Gasteiger partial charge on any atom is 0.244 e. The summed E-state index contributed by atoms with van der Waals surface area (Å²) >= 11 is 5.61. The highest BCUT2D eigenvalue weighted by Gasteiger charge is 2.20. The second kappa shape index (κ2) is 3.84. The van der Waals surface area contributed by atoms with E-state index in [1.807, 2.05) is 0 Å². The molecule has 0 aromatic heterocycles. The first-order chi connectivity index (χ1) is 6.35. The lowest BCUT2D eigenvalue weighted by Crippen LogP contribution is -2.22. The Labute approximate surface area is 87.2 Å². The van der Waals surface area contributed by atoms with Crippen molar-refractivity contribution in [2.75, 3.05) is 14.1 Å². The van der Waals surface area contributed by atoms with Gasteiger partial charge < -0.3 is 0 Å². The third-order valence-electron chi connectivity index (χ3n) is 1.65. The molecule has 0 saturated carbocycles. The second-order valence-corrected chi connectivity index (χ2v) is 5.39. The van der Waals surface area contributed by atoms with Crippen LogP contribution in [0.1, 0.15) is 0 Å². The van der Waals surface area contributed by atoms with Crippen molar-refractivity contribution < 1.29 is 12.8 Å². The summed E-state index contributed by atoms with van der Waals surface area (Å²) in [6, 6.07) is 3.17. The van der Waals surface area contributed by atoms with E-state index in [0.29, 0.717) is 0 Å². The van der Waals surface area contributed by atoms with Gasteiger partial charge >= 0.3 is 0 Å². The van der Waals surface area contributed by atoms with E-state index < -0.39 is 15.8 Å². The second-order valence-electron chi connectivity index (χ2n) is 2.86. The summed E-state index contributed by atoms with van der Waals surface area (Å²) in [6.07, 6.45) is 0. The fraction of sp³-hybridized carbons (Fsp3) is 0.250. The fourth-order valence-corrected chi connectivity index (χ4v) is 2.28. The van der Waals surface area contributed by atoms with Gasteiger partial charge in [0.15, 0.2) is 0 Å². The van der Waals surface area contributed by atoms with Crippen molar-refractivity contribution in [3.63, 3.8) is 0 Å². The molecule has 0 N–H and O–H groups in total. The average Bonchev–Trinajstić information content (AvgIpc) is 2.02. The molecular weight excluding hydrogens is 229 g/mol. The number of nitrogens with zero attached hydrogens (tertiary/aromatic N) is 1. The van der Waals surface area contributed by atoms with Crippen molar-refractivity contribution in [2.45, 2.75) is 4.90 Å². The number of hydrogen-bond acceptors (Lipinski definition) is 2. The number of halogens is 2. The first-order valence-corrected chi connectivity index (χ1v) is 5.55. The molecule has 0 atom stereocenters. The topological polar surface area (TPSA) is 37.4 Å². The quantitative estimate of drug-likeness (QED) is 0.786. The summed E-state index contributed by atoms with van der Waals surface area (Å²) in [5.74, 6) is -0.562. The molecule has 0 amide bonds. The predicted molar refractivity (Wildman–Crippen MR) is 52.3 cm³/mol. The Morgan fingerprint density at radius 1 is 1.36 bits per heavy atom. The molecule has 0 spiro atoms. The smallest absolute Gasteiger partial charge is 0.207 e. The average molecular weight is 238 g/mol. The van der Waals surface area contributed by atoms with E-state index in [0.717, 1.165) is 22.5 Å². The van der Waals surface area contributed by atoms with Gasteiger partial charge in [0.05, 0.1) is 5.02 Å². The van der Waals surface area contributed by atoms with Crippen LogP contribution in [0.4, 0.5) is 4.39 Å². The Morgan fingerprint density at radius 2 is 1.93 bits per heavy atom. The normalized spacial score (nSPS) is 12.1. The van der Waals surface area contributed by atoms with E-state index in [1.165, 1.54) is 14.1 Å². The molecule has 0 bridgehead atoms. The SMILES string of the molecule is CN(C)S(=O)(=O)c1ccc(F)cc1Cl. The molecule has 0 heterocycles. The third kappa shape index (κ3) is 2.05. The van der Waals surface area contributed by atoms with Gasteiger partial charge in [-0.3, -0.25) is 0 Å². The van der Waals surface area contributed by atoms with Gasteiger partial charge in [-0.1, -0.05) is 11.6 Å². The van der Waals surface area contributed by atoms with Crippen LogP contribution in [0.15, 0.2) is 23.1 Å². The molecule has 1 aromatic rings. The van der Waals surface area contributed by atoms with Crippen molar-refractivity contribution >= 4 is 21.6 Å². The minimum atomic E-state index is -3.59. The monoisotopic (exact) mass is 237 g/mol. The Morgan fingerprint density at radius 3 is 2.36 bits per heavy atom. The molecule has 6 heteroatoms. The van der Waals surface area contributed by atoms with E-state index >= 15 is 0 Å². The summed E-state index contributed by atoms with van der Waals surface area (Å²) in [6.45, 7) is 0. The lowest BCUT2D eigenvalue weighted by molar-refractivity contribution is 0.520. The van der Waals surface area contributed by atoms with Crippen LogP contribution < -0.4 is 0 Å². The van der Waals surface area contributed by atoms with Gasteiger partial charge in [-0.2, -0.15) is 0 Å². The molecular formula is C8H9ClFNO2S. The van der Waals surface area contributed by atoms with Crippen LogP contribution in [0, 0.1) is 5.82 Å². The zero-order valence-electron chi connectivity index (χ0n) is 7.66. The Hall–Kier alpha value is -0.650. The largest absolute Gasteiger partial charge is 0.244 e. The number of hydrogen-bond donors (Lipinski definition) is 0. The molecule has 0 aliphatic heterocycles. The summed E-state index contributed by atoms with van der Waals surface area (Å²) in [4.78, 5) is -0.0921. The Kier molecular flexibility index (Phi) is 3.14. The van der Waals surface area contributed by atoms with Crippen LogP contribution in [-0.2, 0) is 10.0 Å². The highest BCUT2D eigenvalue weighted by atomic mass is 35.5. The standard InChI is InChI=1S/C8H9ClFNO2S/c1-11(2)14(12,13)8-4-3-6(10)5-7(8)9/h3-5H,1-2H3. The minimum Gasteiger partial charge on any atom is -0.207 e. The molecule has 0 aliphatic rings. The van der Waals surface area contributed by atoms with Crippen molar-refractivity contribution in [3.8, 4) is 0 Å². The minimum absolute atomic E-state index is 0.0921. The first-order valence-electron chi connectivity index (χ1n) is 3.73. The maximum absolute atomic E-state index is 12.6. The summed E-state index contributed by atoms with van der Waals surface area (Å²) in [5.41, 5.74) is 0. The highest BCUT2D eigenvalue weighted by Crippen LogP contribution is 2.23. The van der Waals surface area contributed by atoms with E-state index in [-0.39, 0.29) is 9.92 Å². The Balaban J connectivity index is 3.35. The first kappa shape index (κ1) is 11.4. The number of benzene rings is 1. The summed E-state index contributed by atoms with van der Waals surface area (Å²) in [7, 11) is -0.822. The van der Waals surface area contributed by atoms with Gasteiger partial charge in [-0.15, -0.1) is 0 Å². The zero-order valence-corrected chi connectivity index (χ0v) is 9.23. The van der Waals surface area contributed by atoms with Gasteiger partial charge in [0.25, 0.3) is 0 Å². The van der Waals surface area contributed by atoms with Crippen LogP contribution >= 0.6 is 11.6 Å². The van der Waals surface area contributed by atoms with Crippen molar-refractivity contribution in [1.82, 2.24) is 4.31 Å². The van der Waals surface area contributed by atoms with Crippen molar-refractivity contribution in [1.29, 1.82) is 0 Å². The van der Waals surface area contributed by atoms with Crippen LogP contribution in [0.3, 0.4) is 0 Å². The molecule has 0 aliphatic carbocycles. The highest BCUT2D eigenvalue weighted by molar-refractivity contribution is 7.89. The molecule has 3 nitrogen and oxygen atoms in total. The molecule has 1 aromatic carbocycles. The van der Waals surface area contributed by atoms with Gasteiger partial charge in [-0.25, -0.2) is 17.1 Å². The number of sulfonamides is 1. The van der Waals surface area contributed by atoms with Crippen LogP contribution in [0.2, 0.25) is 5.02 Å². The Bertz CT molecular complexity index is 445. The maximum atomic E-state index is 12.6. The van der Waals surface area contributed by atoms with Gasteiger partial charge in [0, 0.05) is 14.1 Å². The lowest BCUT2D eigenvalue weighted by Gasteiger charge is -2.12. The van der Waals surface area contributed by atoms with E-state index in [2.05, 4.69) is 0 Å². The van der Waals surface area contributed by atoms with E-state index in [9.17, 15) is 12.8 Å². The molecule has 14 heavy (non-hydrogen) atoms. The zero-order chi connectivity index (χ0) is 10.9. The lowest BCUT2D eigenvalue weighted by atomic mass is 10.3. The van der Waals surface area contributed by atoms with Crippen molar-refractivity contribution in [3.05, 3.63) is 29.0 Å². The van der Waals surface area contributed by atoms with Crippen LogP contribution in [0.5, 0.6) is 0 Å². The third-order valence-corrected chi connectivity index (χ3v) is 3.95. The predicted octanol–water partition coefficient (Wildman–Crippen LogP) is 1.73. The summed E-state index contributed by atoms with van der Waals surface area (Å²) in [5, 5.41) is -0.112. The van der Waals surface area contributed by atoms with Gasteiger partial charge in [0.2, 0.25) is 10.0 Å². The molecule has 0 radical (unpaired) electrons. The van der Waals surface area contributed by atoms with E-state index in [1.54, 1.807) is 0 Å². The molecule has 0 unspecified atom stereocenters. The fourth-order valence-electron chi connectivity index (χ4n) is 0.881. The van der Waals surface area contributed by atoms with Crippen molar-refractivity contribution in [2.24, 2.45) is 0 Å². The molecule has 0 saturated heterocycles. The van der Waals surface area contributed by atoms with Gasteiger partial charge in [-0.05, 0) is 18.2 Å². The molecule has 1 rings (SSSR count). The van der Waals surface area contributed by atoms with E-state index in [4.69, 9.17) is 11.6 Å². The van der Waals surface area contributed by atoms with Gasteiger partial charge in [0.1, 0.15) is 10.7 Å². The summed E-state index contributed by atoms with van der Waals surface area (Å²) < 4.78 is 36.8.